The number of benzene rings is 1. The van der Waals surface area contributed by atoms with Crippen molar-refractivity contribution in [1.29, 1.82) is 0 Å². The fraction of sp³-hybridized carbons (Fsp3) is 0.333. The first-order valence-electron chi connectivity index (χ1n) is 12.0. The van der Waals surface area contributed by atoms with Gasteiger partial charge < -0.3 is 10.6 Å². The van der Waals surface area contributed by atoms with Gasteiger partial charge in [-0.15, -0.1) is 17.9 Å². The molecule has 0 saturated carbocycles. The lowest BCUT2D eigenvalue weighted by atomic mass is 9.89. The van der Waals surface area contributed by atoms with Gasteiger partial charge in [0.1, 0.15) is 0 Å². The Morgan fingerprint density at radius 2 is 1.85 bits per heavy atom. The Kier molecular flexibility index (Phi) is 15.2. The molecule has 1 aliphatic carbocycles. The number of anilines is 1. The number of nitrogens with one attached hydrogen (secondary N) is 2. The molecule has 0 saturated heterocycles. The molecule has 0 unspecified atom stereocenters. The first-order chi connectivity index (χ1) is 16.2. The van der Waals surface area contributed by atoms with E-state index >= 15 is 0 Å². The van der Waals surface area contributed by atoms with Crippen molar-refractivity contribution in [3.05, 3.63) is 113 Å². The van der Waals surface area contributed by atoms with Crippen LogP contribution in [0.5, 0.6) is 0 Å². The second-order valence-corrected chi connectivity index (χ2v) is 8.55. The van der Waals surface area contributed by atoms with Crippen LogP contribution in [0.15, 0.2) is 102 Å². The Morgan fingerprint density at radius 3 is 2.45 bits per heavy atom. The number of hydrogen-bond donors (Lipinski definition) is 2. The highest BCUT2D eigenvalue weighted by Gasteiger charge is 2.10. The third kappa shape index (κ3) is 11.1. The van der Waals surface area contributed by atoms with Crippen LogP contribution in [0.2, 0.25) is 0 Å². The Bertz CT molecular complexity index is 884. The first kappa shape index (κ1) is 28.3. The van der Waals surface area contributed by atoms with E-state index < -0.39 is 0 Å². The molecular formula is C30H42N2S. The monoisotopic (exact) mass is 462 g/mol. The second-order valence-electron chi connectivity index (χ2n) is 7.52. The molecule has 2 aromatic rings. The molecular weight excluding hydrogens is 420 g/mol. The third-order valence-corrected chi connectivity index (χ3v) is 6.14. The van der Waals surface area contributed by atoms with E-state index in [1.54, 1.807) is 17.5 Å². The van der Waals surface area contributed by atoms with Crippen molar-refractivity contribution in [2.75, 3.05) is 12.4 Å². The van der Waals surface area contributed by atoms with E-state index in [0.717, 1.165) is 32.1 Å². The quantitative estimate of drug-likeness (QED) is 0.345. The molecule has 178 valence electrons. The third-order valence-electron chi connectivity index (χ3n) is 5.24. The summed E-state index contributed by atoms with van der Waals surface area (Å²) in [6, 6.07) is 12.9. The number of rotatable bonds is 10. The highest BCUT2D eigenvalue weighted by molar-refractivity contribution is 7.09. The van der Waals surface area contributed by atoms with E-state index in [9.17, 15) is 0 Å². The summed E-state index contributed by atoms with van der Waals surface area (Å²) < 4.78 is 0. The van der Waals surface area contributed by atoms with Gasteiger partial charge in [-0.3, -0.25) is 0 Å². The molecule has 3 heteroatoms. The van der Waals surface area contributed by atoms with Crippen molar-refractivity contribution in [3.8, 4) is 0 Å². The average molecular weight is 463 g/mol. The van der Waals surface area contributed by atoms with Crippen molar-refractivity contribution >= 4 is 17.0 Å². The van der Waals surface area contributed by atoms with Gasteiger partial charge in [-0.1, -0.05) is 56.9 Å². The standard InChI is InChI=1S/C21H28N2.C7H8S.C2H6/c1-4-23-16-17(2)21-11-6-5-9-19(21)10-7-8-18-12-14-20(22-3)15-13-18;1-2-4-7-5-3-6-8-7;1-2/h4-5,9,12-16,22-23H,1,6-8,10-11H2,2-3H3;2-3,5-6H,1,4H2;1-2H3/b17-16+;;. The summed E-state index contributed by atoms with van der Waals surface area (Å²) in [5.74, 6) is 0. The number of hydrogen-bond acceptors (Lipinski definition) is 3. The first-order valence-corrected chi connectivity index (χ1v) is 12.9. The Balaban J connectivity index is 0.000000454. The van der Waals surface area contributed by atoms with E-state index in [4.69, 9.17) is 0 Å². The maximum Gasteiger partial charge on any atom is 0.0337 e. The fourth-order valence-corrected chi connectivity index (χ4v) is 4.27. The SMILES string of the molecule is C=CCc1cccs1.C=CN/C=C(\C)C1=C(CCCc2ccc(NC)cc2)C=CCC1.CC. The molecule has 1 aliphatic rings. The zero-order valence-electron chi connectivity index (χ0n) is 21.0. The predicted molar refractivity (Wildman–Crippen MR) is 151 cm³/mol. The van der Waals surface area contributed by atoms with Crippen LogP contribution >= 0.6 is 11.3 Å². The van der Waals surface area contributed by atoms with Crippen molar-refractivity contribution in [3.63, 3.8) is 0 Å². The van der Waals surface area contributed by atoms with Crippen molar-refractivity contribution < 1.29 is 0 Å². The predicted octanol–water partition coefficient (Wildman–Crippen LogP) is 8.84. The molecule has 0 fully saturated rings. The molecule has 1 heterocycles. The molecule has 1 aromatic heterocycles. The van der Waals surface area contributed by atoms with E-state index in [-0.39, 0.29) is 0 Å². The van der Waals surface area contributed by atoms with Gasteiger partial charge in [0, 0.05) is 23.8 Å². The van der Waals surface area contributed by atoms with Crippen LogP contribution in [-0.2, 0) is 12.8 Å². The van der Waals surface area contributed by atoms with Crippen molar-refractivity contribution in [2.45, 2.75) is 59.3 Å². The van der Waals surface area contributed by atoms with Gasteiger partial charge in [0.15, 0.2) is 0 Å². The molecule has 2 nitrogen and oxygen atoms in total. The summed E-state index contributed by atoms with van der Waals surface area (Å²) >= 11 is 1.78. The van der Waals surface area contributed by atoms with Crippen molar-refractivity contribution in [1.82, 2.24) is 5.32 Å². The summed E-state index contributed by atoms with van der Waals surface area (Å²) in [4.78, 5) is 1.39. The number of thiophene rings is 1. The normalized spacial score (nSPS) is 12.7. The topological polar surface area (TPSA) is 24.1 Å². The fourth-order valence-electron chi connectivity index (χ4n) is 3.56. The lowest BCUT2D eigenvalue weighted by Gasteiger charge is -2.17. The van der Waals surface area contributed by atoms with Gasteiger partial charge in [0.25, 0.3) is 0 Å². The van der Waals surface area contributed by atoms with Gasteiger partial charge in [-0.25, -0.2) is 0 Å². The largest absolute Gasteiger partial charge is 0.388 e. The molecule has 0 atom stereocenters. The van der Waals surface area contributed by atoms with Gasteiger partial charge in [0.2, 0.25) is 0 Å². The summed E-state index contributed by atoms with van der Waals surface area (Å²) in [5, 5.41) is 8.34. The number of aryl methyl sites for hydroxylation is 1. The summed E-state index contributed by atoms with van der Waals surface area (Å²) in [6.07, 6.45) is 17.1. The Morgan fingerprint density at radius 1 is 1.09 bits per heavy atom. The molecule has 0 radical (unpaired) electrons. The minimum absolute atomic E-state index is 1.01. The van der Waals surface area contributed by atoms with Crippen LogP contribution in [0.25, 0.3) is 0 Å². The van der Waals surface area contributed by atoms with Crippen LogP contribution in [0.1, 0.15) is 56.9 Å². The average Bonchev–Trinajstić information content (AvgIpc) is 3.38. The lowest BCUT2D eigenvalue weighted by molar-refractivity contribution is 0.799. The van der Waals surface area contributed by atoms with E-state index in [1.807, 2.05) is 27.0 Å². The number of allylic oxidation sites excluding steroid dienone is 6. The van der Waals surface area contributed by atoms with Gasteiger partial charge in [-0.05, 0) is 97.5 Å². The molecule has 1 aromatic carbocycles. The van der Waals surface area contributed by atoms with Crippen molar-refractivity contribution in [2.24, 2.45) is 0 Å². The van der Waals surface area contributed by atoms with E-state index in [1.165, 1.54) is 39.3 Å². The molecule has 2 N–H and O–H groups in total. The Hall–Kier alpha value is -2.78. The van der Waals surface area contributed by atoms with Crippen LogP contribution in [0.3, 0.4) is 0 Å². The van der Waals surface area contributed by atoms with Gasteiger partial charge >= 0.3 is 0 Å². The summed E-state index contributed by atoms with van der Waals surface area (Å²) in [7, 11) is 1.95. The highest BCUT2D eigenvalue weighted by Crippen LogP contribution is 2.28. The van der Waals surface area contributed by atoms with Crippen LogP contribution in [0, 0.1) is 0 Å². The molecule has 3 rings (SSSR count). The maximum atomic E-state index is 3.70. The highest BCUT2D eigenvalue weighted by atomic mass is 32.1. The second kappa shape index (κ2) is 17.7. The Labute approximate surface area is 206 Å². The smallest absolute Gasteiger partial charge is 0.0337 e. The summed E-state index contributed by atoms with van der Waals surface area (Å²) in [6.45, 7) is 13.5. The molecule has 33 heavy (non-hydrogen) atoms. The van der Waals surface area contributed by atoms with E-state index in [2.05, 4.69) is 90.8 Å². The maximum absolute atomic E-state index is 3.70. The minimum Gasteiger partial charge on any atom is -0.388 e. The zero-order valence-corrected chi connectivity index (χ0v) is 21.8. The van der Waals surface area contributed by atoms with Gasteiger partial charge in [0.05, 0.1) is 0 Å². The van der Waals surface area contributed by atoms with Crippen LogP contribution in [-0.4, -0.2) is 7.05 Å². The lowest BCUT2D eigenvalue weighted by Crippen LogP contribution is -2.01. The van der Waals surface area contributed by atoms with E-state index in [0.29, 0.717) is 0 Å². The molecule has 0 bridgehead atoms. The van der Waals surface area contributed by atoms with Crippen LogP contribution in [0.4, 0.5) is 5.69 Å². The summed E-state index contributed by atoms with van der Waals surface area (Å²) in [5.41, 5.74) is 6.88. The molecule has 0 amide bonds. The molecule has 0 aliphatic heterocycles. The van der Waals surface area contributed by atoms with Gasteiger partial charge in [-0.2, -0.15) is 0 Å². The zero-order chi connectivity index (χ0) is 24.3. The molecule has 0 spiro atoms. The van der Waals surface area contributed by atoms with Crippen LogP contribution < -0.4 is 10.6 Å². The minimum atomic E-state index is 1.01.